The molecule has 0 aliphatic carbocycles. The minimum Gasteiger partial charge on any atom is -0.467 e. The van der Waals surface area contributed by atoms with Gasteiger partial charge in [0, 0.05) is 6.54 Å². The Hall–Kier alpha value is -2.21. The van der Waals surface area contributed by atoms with Gasteiger partial charge < -0.3 is 14.1 Å². The van der Waals surface area contributed by atoms with Crippen LogP contribution in [0, 0.1) is 11.6 Å². The molecule has 1 atom stereocenters. The number of nitrogens with zero attached hydrogens (tertiary/aromatic N) is 1. The van der Waals surface area contributed by atoms with Gasteiger partial charge in [-0.1, -0.05) is 6.07 Å². The van der Waals surface area contributed by atoms with Gasteiger partial charge in [0.05, 0.1) is 25.0 Å². The first kappa shape index (κ1) is 13.8. The number of furan rings is 1. The number of hydrogen-bond acceptors (Lipinski definition) is 3. The first-order valence-corrected chi connectivity index (χ1v) is 6.55. The number of ether oxygens (including phenoxy) is 1. The molecule has 1 amide bonds. The highest BCUT2D eigenvalue weighted by atomic mass is 19.2. The van der Waals surface area contributed by atoms with Crippen molar-refractivity contribution in [2.75, 3.05) is 19.7 Å². The zero-order valence-electron chi connectivity index (χ0n) is 11.1. The maximum atomic E-state index is 13.7. The van der Waals surface area contributed by atoms with Crippen LogP contribution in [0.1, 0.15) is 22.2 Å². The Bertz CT molecular complexity index is 642. The van der Waals surface area contributed by atoms with Crippen LogP contribution in [-0.2, 0) is 4.74 Å². The Morgan fingerprint density at radius 2 is 2.10 bits per heavy atom. The number of halogens is 2. The predicted molar refractivity (Wildman–Crippen MR) is 69.7 cm³/mol. The minimum absolute atomic E-state index is 0.238. The maximum Gasteiger partial charge on any atom is 0.257 e. The summed E-state index contributed by atoms with van der Waals surface area (Å²) in [5.41, 5.74) is -0.268. The van der Waals surface area contributed by atoms with E-state index in [0.29, 0.717) is 18.9 Å². The highest BCUT2D eigenvalue weighted by molar-refractivity contribution is 5.94. The summed E-state index contributed by atoms with van der Waals surface area (Å²) in [7, 11) is 0. The zero-order valence-corrected chi connectivity index (χ0v) is 11.1. The summed E-state index contributed by atoms with van der Waals surface area (Å²) >= 11 is 0. The van der Waals surface area contributed by atoms with Crippen molar-refractivity contribution in [3.63, 3.8) is 0 Å². The van der Waals surface area contributed by atoms with E-state index in [2.05, 4.69) is 0 Å². The molecule has 1 aliphatic rings. The second kappa shape index (κ2) is 5.65. The number of hydrogen-bond donors (Lipinski definition) is 0. The third-order valence-corrected chi connectivity index (χ3v) is 3.40. The molecule has 0 bridgehead atoms. The topological polar surface area (TPSA) is 42.7 Å². The smallest absolute Gasteiger partial charge is 0.257 e. The van der Waals surface area contributed by atoms with E-state index in [-0.39, 0.29) is 12.1 Å². The van der Waals surface area contributed by atoms with E-state index in [1.165, 1.54) is 23.3 Å². The molecule has 3 rings (SSSR count). The molecule has 6 heteroatoms. The van der Waals surface area contributed by atoms with Crippen LogP contribution >= 0.6 is 0 Å². The summed E-state index contributed by atoms with van der Waals surface area (Å²) in [6.45, 7) is 0.877. The van der Waals surface area contributed by atoms with Gasteiger partial charge in [-0.05, 0) is 24.3 Å². The summed E-state index contributed by atoms with van der Waals surface area (Å²) in [5, 5.41) is 0. The van der Waals surface area contributed by atoms with Crippen molar-refractivity contribution < 1.29 is 22.7 Å². The first-order valence-electron chi connectivity index (χ1n) is 6.55. The number of morpholine rings is 1. The third-order valence-electron chi connectivity index (χ3n) is 3.40. The van der Waals surface area contributed by atoms with E-state index in [9.17, 15) is 13.6 Å². The quantitative estimate of drug-likeness (QED) is 0.855. The Kier molecular flexibility index (Phi) is 3.70. The van der Waals surface area contributed by atoms with E-state index in [1.54, 1.807) is 12.1 Å². The fourth-order valence-corrected chi connectivity index (χ4v) is 2.32. The Morgan fingerprint density at radius 1 is 1.24 bits per heavy atom. The molecule has 0 saturated carbocycles. The molecular weight excluding hydrogens is 280 g/mol. The monoisotopic (exact) mass is 293 g/mol. The molecule has 0 unspecified atom stereocenters. The van der Waals surface area contributed by atoms with Crippen molar-refractivity contribution in [1.82, 2.24) is 4.90 Å². The van der Waals surface area contributed by atoms with Gasteiger partial charge in [0.15, 0.2) is 11.6 Å². The summed E-state index contributed by atoms with van der Waals surface area (Å²) in [5.74, 6) is -2.10. The van der Waals surface area contributed by atoms with Gasteiger partial charge in [-0.15, -0.1) is 0 Å². The fourth-order valence-electron chi connectivity index (χ4n) is 2.32. The molecule has 1 aromatic carbocycles. The maximum absolute atomic E-state index is 13.7. The predicted octanol–water partition coefficient (Wildman–Crippen LogP) is 2.77. The molecule has 1 fully saturated rings. The Morgan fingerprint density at radius 3 is 2.86 bits per heavy atom. The van der Waals surface area contributed by atoms with Crippen LogP contribution in [0.15, 0.2) is 41.0 Å². The van der Waals surface area contributed by atoms with Crippen LogP contribution in [0.4, 0.5) is 8.78 Å². The van der Waals surface area contributed by atoms with E-state index in [1.807, 2.05) is 0 Å². The van der Waals surface area contributed by atoms with Gasteiger partial charge in [0.2, 0.25) is 0 Å². The van der Waals surface area contributed by atoms with Crippen LogP contribution in [0.3, 0.4) is 0 Å². The number of carbonyl (C=O) groups is 1. The highest BCUT2D eigenvalue weighted by Gasteiger charge is 2.29. The van der Waals surface area contributed by atoms with Crippen LogP contribution in [0.25, 0.3) is 0 Å². The minimum atomic E-state index is -1.12. The third kappa shape index (κ3) is 2.67. The SMILES string of the molecule is O=C(c1cccc(F)c1F)N1CCO[C@@H](c2ccco2)C1. The molecule has 0 N–H and O–H groups in total. The van der Waals surface area contributed by atoms with Gasteiger partial charge in [-0.3, -0.25) is 4.79 Å². The molecule has 1 saturated heterocycles. The fraction of sp³-hybridized carbons (Fsp3) is 0.267. The standard InChI is InChI=1S/C15H13F2NO3/c16-11-4-1-3-10(14(11)17)15(19)18-6-8-21-13(9-18)12-5-2-7-20-12/h1-5,7,13H,6,8-9H2/t13-/m1/s1. The van der Waals surface area contributed by atoms with E-state index >= 15 is 0 Å². The van der Waals surface area contributed by atoms with Crippen molar-refractivity contribution >= 4 is 5.91 Å². The number of amides is 1. The average Bonchev–Trinajstić information content (AvgIpc) is 3.04. The van der Waals surface area contributed by atoms with E-state index < -0.39 is 23.6 Å². The van der Waals surface area contributed by atoms with Gasteiger partial charge >= 0.3 is 0 Å². The summed E-state index contributed by atoms with van der Waals surface area (Å²) in [6.07, 6.45) is 1.13. The van der Waals surface area contributed by atoms with Crippen molar-refractivity contribution in [2.45, 2.75) is 6.10 Å². The van der Waals surface area contributed by atoms with Gasteiger partial charge in [0.1, 0.15) is 11.9 Å². The summed E-state index contributed by atoms with van der Waals surface area (Å²) in [6, 6.07) is 7.05. The average molecular weight is 293 g/mol. The molecule has 0 radical (unpaired) electrons. The lowest BCUT2D eigenvalue weighted by Crippen LogP contribution is -2.42. The second-order valence-corrected chi connectivity index (χ2v) is 4.73. The first-order chi connectivity index (χ1) is 10.2. The van der Waals surface area contributed by atoms with Crippen LogP contribution in [-0.4, -0.2) is 30.5 Å². The van der Waals surface area contributed by atoms with Crippen LogP contribution in [0.5, 0.6) is 0 Å². The Balaban J connectivity index is 1.80. The lowest BCUT2D eigenvalue weighted by Gasteiger charge is -2.32. The molecule has 0 spiro atoms. The van der Waals surface area contributed by atoms with Crippen molar-refractivity contribution in [3.05, 3.63) is 59.6 Å². The lowest BCUT2D eigenvalue weighted by molar-refractivity contribution is -0.0322. The molecule has 4 nitrogen and oxygen atoms in total. The number of benzene rings is 1. The molecule has 2 heterocycles. The normalized spacial score (nSPS) is 18.8. The van der Waals surface area contributed by atoms with Gasteiger partial charge in [-0.2, -0.15) is 0 Å². The van der Waals surface area contributed by atoms with Crippen LogP contribution in [0.2, 0.25) is 0 Å². The molecule has 2 aromatic rings. The molecular formula is C15H13F2NO3. The van der Waals surface area contributed by atoms with Crippen molar-refractivity contribution in [2.24, 2.45) is 0 Å². The number of carbonyl (C=O) groups excluding carboxylic acids is 1. The van der Waals surface area contributed by atoms with Gasteiger partial charge in [-0.25, -0.2) is 8.78 Å². The van der Waals surface area contributed by atoms with Crippen LogP contribution < -0.4 is 0 Å². The van der Waals surface area contributed by atoms with Crippen molar-refractivity contribution in [3.8, 4) is 0 Å². The molecule has 110 valence electrons. The highest BCUT2D eigenvalue weighted by Crippen LogP contribution is 2.24. The second-order valence-electron chi connectivity index (χ2n) is 4.73. The lowest BCUT2D eigenvalue weighted by atomic mass is 10.1. The largest absolute Gasteiger partial charge is 0.467 e. The molecule has 1 aromatic heterocycles. The Labute approximate surface area is 119 Å². The zero-order chi connectivity index (χ0) is 14.8. The number of rotatable bonds is 2. The van der Waals surface area contributed by atoms with Crippen molar-refractivity contribution in [1.29, 1.82) is 0 Å². The summed E-state index contributed by atoms with van der Waals surface area (Å²) in [4.78, 5) is 13.8. The molecule has 21 heavy (non-hydrogen) atoms. The summed E-state index contributed by atoms with van der Waals surface area (Å²) < 4.78 is 37.7. The van der Waals surface area contributed by atoms with E-state index in [0.717, 1.165) is 6.07 Å². The molecule has 1 aliphatic heterocycles. The van der Waals surface area contributed by atoms with E-state index in [4.69, 9.17) is 9.15 Å². The van der Waals surface area contributed by atoms with Gasteiger partial charge in [0.25, 0.3) is 5.91 Å².